The number of carbonyl (C=O) groups is 1. The molecule has 1 nitrogen and oxygen atoms in total. The lowest BCUT2D eigenvalue weighted by molar-refractivity contribution is 0.0983. The summed E-state index contributed by atoms with van der Waals surface area (Å²) in [5.74, 6) is -0.0116. The quantitative estimate of drug-likeness (QED) is 0.685. The van der Waals surface area contributed by atoms with Gasteiger partial charge < -0.3 is 0 Å². The van der Waals surface area contributed by atoms with E-state index in [0.29, 0.717) is 33.5 Å². The first-order chi connectivity index (χ1) is 9.06. The molecule has 0 fully saturated rings. The molecule has 0 radical (unpaired) electrons. The van der Waals surface area contributed by atoms with Crippen LogP contribution in [0.15, 0.2) is 42.5 Å². The molecule has 2 aromatic carbocycles. The van der Waals surface area contributed by atoms with Crippen LogP contribution in [-0.4, -0.2) is 5.78 Å². The Labute approximate surface area is 127 Å². The highest BCUT2D eigenvalue weighted by Gasteiger charge is 2.11. The van der Waals surface area contributed by atoms with Crippen LogP contribution in [0.2, 0.25) is 15.1 Å². The second-order valence-corrected chi connectivity index (χ2v) is 5.45. The Hall–Kier alpha value is -1.02. The van der Waals surface area contributed by atoms with Gasteiger partial charge in [-0.1, -0.05) is 46.9 Å². The number of hydrogen-bond donors (Lipinski definition) is 0. The van der Waals surface area contributed by atoms with Gasteiger partial charge in [-0.05, 0) is 42.3 Å². The molecule has 0 saturated carbocycles. The zero-order valence-corrected chi connectivity index (χ0v) is 12.3. The average molecular weight is 314 g/mol. The molecular weight excluding hydrogens is 303 g/mol. The summed E-state index contributed by atoms with van der Waals surface area (Å²) in [6.45, 7) is 0. The summed E-state index contributed by atoms with van der Waals surface area (Å²) in [4.78, 5) is 12.1. The van der Waals surface area contributed by atoms with Gasteiger partial charge in [0.2, 0.25) is 0 Å². The Morgan fingerprint density at radius 2 is 1.53 bits per heavy atom. The van der Waals surface area contributed by atoms with Crippen molar-refractivity contribution in [3.63, 3.8) is 0 Å². The summed E-state index contributed by atoms with van der Waals surface area (Å²) < 4.78 is 0. The maximum Gasteiger partial charge on any atom is 0.164 e. The van der Waals surface area contributed by atoms with Gasteiger partial charge in [-0.2, -0.15) is 0 Å². The number of hydrogen-bond acceptors (Lipinski definition) is 1. The maximum atomic E-state index is 12.1. The number of benzene rings is 2. The van der Waals surface area contributed by atoms with Gasteiger partial charge in [0.15, 0.2) is 5.78 Å². The molecule has 0 aliphatic heterocycles. The fourth-order valence-corrected chi connectivity index (χ4v) is 2.28. The van der Waals surface area contributed by atoms with Crippen LogP contribution in [0.5, 0.6) is 0 Å². The van der Waals surface area contributed by atoms with Gasteiger partial charge in [0.05, 0.1) is 5.02 Å². The highest BCUT2D eigenvalue weighted by Crippen LogP contribution is 2.22. The van der Waals surface area contributed by atoms with Gasteiger partial charge in [-0.15, -0.1) is 0 Å². The number of rotatable bonds is 4. The SMILES string of the molecule is O=C(CCc1ccc(Cl)cc1)c1cc(Cl)ccc1Cl. The van der Waals surface area contributed by atoms with Gasteiger partial charge in [-0.3, -0.25) is 4.79 Å². The molecule has 0 N–H and O–H groups in total. The van der Waals surface area contributed by atoms with E-state index in [0.717, 1.165) is 5.56 Å². The predicted molar refractivity (Wildman–Crippen MR) is 80.6 cm³/mol. The van der Waals surface area contributed by atoms with Crippen molar-refractivity contribution in [2.45, 2.75) is 12.8 Å². The predicted octanol–water partition coefficient (Wildman–Crippen LogP) is 5.46. The molecule has 0 heterocycles. The Kier molecular flexibility index (Phi) is 4.87. The van der Waals surface area contributed by atoms with Gasteiger partial charge >= 0.3 is 0 Å². The van der Waals surface area contributed by atoms with E-state index >= 15 is 0 Å². The lowest BCUT2D eigenvalue weighted by atomic mass is 10.0. The van der Waals surface area contributed by atoms with E-state index in [4.69, 9.17) is 34.8 Å². The van der Waals surface area contributed by atoms with Crippen LogP contribution in [0.25, 0.3) is 0 Å². The standard InChI is InChI=1S/C15H11Cl3O/c16-11-4-1-10(2-5-11)3-8-15(19)13-9-12(17)6-7-14(13)18/h1-2,4-7,9H,3,8H2. The minimum atomic E-state index is -0.0116. The largest absolute Gasteiger partial charge is 0.294 e. The first kappa shape index (κ1) is 14.4. The first-order valence-corrected chi connectivity index (χ1v) is 6.92. The zero-order valence-electron chi connectivity index (χ0n) is 10.00. The van der Waals surface area contributed by atoms with Crippen LogP contribution in [0, 0.1) is 0 Å². The van der Waals surface area contributed by atoms with E-state index in [1.165, 1.54) is 0 Å². The van der Waals surface area contributed by atoms with Crippen molar-refractivity contribution in [1.82, 2.24) is 0 Å². The fourth-order valence-electron chi connectivity index (χ4n) is 1.75. The summed E-state index contributed by atoms with van der Waals surface area (Å²) in [5, 5.41) is 1.64. The topological polar surface area (TPSA) is 17.1 Å². The maximum absolute atomic E-state index is 12.1. The summed E-state index contributed by atoms with van der Waals surface area (Å²) in [6.07, 6.45) is 1.04. The van der Waals surface area contributed by atoms with Crippen LogP contribution < -0.4 is 0 Å². The molecule has 0 aliphatic carbocycles. The van der Waals surface area contributed by atoms with Crippen molar-refractivity contribution in [1.29, 1.82) is 0 Å². The average Bonchev–Trinajstić information content (AvgIpc) is 2.40. The van der Waals surface area contributed by atoms with E-state index < -0.39 is 0 Å². The molecule has 0 unspecified atom stereocenters. The minimum absolute atomic E-state index is 0.0116. The summed E-state index contributed by atoms with van der Waals surface area (Å²) in [6, 6.07) is 12.4. The Balaban J connectivity index is 2.05. The summed E-state index contributed by atoms with van der Waals surface area (Å²) >= 11 is 17.7. The third-order valence-electron chi connectivity index (χ3n) is 2.78. The molecule has 0 aromatic heterocycles. The van der Waals surface area contributed by atoms with Crippen molar-refractivity contribution in [3.05, 3.63) is 68.7 Å². The van der Waals surface area contributed by atoms with E-state index in [1.807, 2.05) is 24.3 Å². The number of aryl methyl sites for hydroxylation is 1. The molecule has 0 amide bonds. The van der Waals surface area contributed by atoms with Crippen molar-refractivity contribution in [3.8, 4) is 0 Å². The van der Waals surface area contributed by atoms with Gasteiger partial charge in [0, 0.05) is 22.0 Å². The third-order valence-corrected chi connectivity index (χ3v) is 3.60. The molecular formula is C15H11Cl3O. The molecule has 0 saturated heterocycles. The molecule has 98 valence electrons. The highest BCUT2D eigenvalue weighted by molar-refractivity contribution is 6.35. The number of halogens is 3. The van der Waals surface area contributed by atoms with Gasteiger partial charge in [0.1, 0.15) is 0 Å². The number of ketones is 1. The summed E-state index contributed by atoms with van der Waals surface area (Å²) in [5.41, 5.74) is 1.54. The second-order valence-electron chi connectivity index (χ2n) is 4.17. The summed E-state index contributed by atoms with van der Waals surface area (Å²) in [7, 11) is 0. The van der Waals surface area contributed by atoms with Gasteiger partial charge in [0.25, 0.3) is 0 Å². The van der Waals surface area contributed by atoms with Crippen LogP contribution >= 0.6 is 34.8 Å². The van der Waals surface area contributed by atoms with Gasteiger partial charge in [-0.25, -0.2) is 0 Å². The molecule has 0 bridgehead atoms. The normalized spacial score (nSPS) is 10.5. The number of carbonyl (C=O) groups excluding carboxylic acids is 1. The van der Waals surface area contributed by atoms with Crippen LogP contribution in [0.1, 0.15) is 22.3 Å². The molecule has 2 rings (SSSR count). The molecule has 0 spiro atoms. The fraction of sp³-hybridized carbons (Fsp3) is 0.133. The molecule has 0 aliphatic rings. The molecule has 19 heavy (non-hydrogen) atoms. The van der Waals surface area contributed by atoms with E-state index in [2.05, 4.69) is 0 Å². The van der Waals surface area contributed by atoms with E-state index in [-0.39, 0.29) is 5.78 Å². The minimum Gasteiger partial charge on any atom is -0.294 e. The zero-order chi connectivity index (χ0) is 13.8. The Morgan fingerprint density at radius 3 is 2.21 bits per heavy atom. The molecule has 4 heteroatoms. The van der Waals surface area contributed by atoms with Crippen molar-refractivity contribution in [2.24, 2.45) is 0 Å². The lowest BCUT2D eigenvalue weighted by Crippen LogP contribution is -2.02. The Bertz CT molecular complexity index is 591. The first-order valence-electron chi connectivity index (χ1n) is 5.79. The van der Waals surface area contributed by atoms with Crippen molar-refractivity contribution >= 4 is 40.6 Å². The van der Waals surface area contributed by atoms with Crippen molar-refractivity contribution in [2.75, 3.05) is 0 Å². The van der Waals surface area contributed by atoms with Crippen LogP contribution in [0.4, 0.5) is 0 Å². The Morgan fingerprint density at radius 1 is 0.895 bits per heavy atom. The second kappa shape index (κ2) is 6.42. The molecule has 0 atom stereocenters. The van der Waals surface area contributed by atoms with E-state index in [9.17, 15) is 4.79 Å². The van der Waals surface area contributed by atoms with Crippen LogP contribution in [-0.2, 0) is 6.42 Å². The number of Topliss-reactive ketones (excluding diaryl/α,β-unsaturated/α-hetero) is 1. The monoisotopic (exact) mass is 312 g/mol. The van der Waals surface area contributed by atoms with Crippen LogP contribution in [0.3, 0.4) is 0 Å². The lowest BCUT2D eigenvalue weighted by Gasteiger charge is -2.05. The third kappa shape index (κ3) is 3.97. The van der Waals surface area contributed by atoms with Crippen molar-refractivity contribution < 1.29 is 4.79 Å². The smallest absolute Gasteiger partial charge is 0.164 e. The molecule has 2 aromatic rings. The van der Waals surface area contributed by atoms with E-state index in [1.54, 1.807) is 18.2 Å². The highest BCUT2D eigenvalue weighted by atomic mass is 35.5.